The van der Waals surface area contributed by atoms with Gasteiger partial charge in [0.05, 0.1) is 19.3 Å². The van der Waals surface area contributed by atoms with Gasteiger partial charge in [-0.2, -0.15) is 0 Å². The zero-order chi connectivity index (χ0) is 18.6. The highest BCUT2D eigenvalue weighted by Gasteiger charge is 2.28. The summed E-state index contributed by atoms with van der Waals surface area (Å²) in [6.07, 6.45) is 0.560. The number of hydrogen-bond donors (Lipinski definition) is 1. The van der Waals surface area contributed by atoms with Crippen molar-refractivity contribution in [2.75, 3.05) is 26.4 Å². The first kappa shape index (κ1) is 17.8. The topological polar surface area (TPSA) is 68.2 Å². The van der Waals surface area contributed by atoms with Crippen LogP contribution in [0.4, 0.5) is 4.79 Å². The molecule has 0 spiro atoms. The lowest BCUT2D eigenvalue weighted by molar-refractivity contribution is -0.0440. The van der Waals surface area contributed by atoms with Gasteiger partial charge < -0.3 is 24.2 Å². The van der Waals surface area contributed by atoms with E-state index < -0.39 is 6.09 Å². The van der Waals surface area contributed by atoms with Crippen molar-refractivity contribution in [3.63, 3.8) is 0 Å². The number of hydrogen-bond acceptors (Lipinski definition) is 4. The molecule has 27 heavy (non-hydrogen) atoms. The Balaban J connectivity index is 1.46. The molecule has 6 nitrogen and oxygen atoms in total. The molecule has 4 rings (SSSR count). The van der Waals surface area contributed by atoms with Gasteiger partial charge in [-0.1, -0.05) is 30.3 Å². The van der Waals surface area contributed by atoms with Gasteiger partial charge in [0.25, 0.3) is 0 Å². The van der Waals surface area contributed by atoms with Gasteiger partial charge in [-0.15, -0.1) is 0 Å². The molecule has 0 aromatic heterocycles. The predicted octanol–water partition coefficient (Wildman–Crippen LogP) is 3.92. The van der Waals surface area contributed by atoms with Gasteiger partial charge >= 0.3 is 6.09 Å². The second-order valence-corrected chi connectivity index (χ2v) is 6.81. The number of likely N-dealkylation sites (tertiary alicyclic amines) is 1. The Bertz CT molecular complexity index is 803. The third-order valence-corrected chi connectivity index (χ3v) is 5.01. The Morgan fingerprint density at radius 3 is 2.63 bits per heavy atom. The second kappa shape index (κ2) is 7.98. The SMILES string of the molecule is O=C(O)N1CCC[C@H]1COc1cccc(-c2cccc(C3OCCO3)c2)c1. The number of benzene rings is 2. The standard InChI is InChI=1S/C21H23NO5/c23-21(24)22-9-3-7-18(22)14-27-19-8-2-5-16(13-19)15-4-1-6-17(12-15)20-25-10-11-26-20/h1-2,4-6,8,12-13,18,20H,3,7,9-11,14H2,(H,23,24)/t18-/m0/s1. The summed E-state index contributed by atoms with van der Waals surface area (Å²) < 4.78 is 17.1. The molecule has 2 aliphatic heterocycles. The van der Waals surface area contributed by atoms with Crippen molar-refractivity contribution in [3.8, 4) is 16.9 Å². The molecule has 2 aromatic rings. The molecule has 1 atom stereocenters. The largest absolute Gasteiger partial charge is 0.491 e. The summed E-state index contributed by atoms with van der Waals surface area (Å²) in [5.41, 5.74) is 3.10. The molecule has 2 aliphatic rings. The molecule has 0 radical (unpaired) electrons. The van der Waals surface area contributed by atoms with E-state index in [1.54, 1.807) is 0 Å². The summed E-state index contributed by atoms with van der Waals surface area (Å²) in [5, 5.41) is 9.24. The van der Waals surface area contributed by atoms with E-state index in [1.165, 1.54) is 4.90 Å². The molecule has 2 saturated heterocycles. The third kappa shape index (κ3) is 4.07. The van der Waals surface area contributed by atoms with Crippen LogP contribution in [0.3, 0.4) is 0 Å². The van der Waals surface area contributed by atoms with Crippen LogP contribution in [0.1, 0.15) is 24.7 Å². The lowest BCUT2D eigenvalue weighted by atomic mass is 10.0. The molecule has 1 amide bonds. The fraction of sp³-hybridized carbons (Fsp3) is 0.381. The van der Waals surface area contributed by atoms with E-state index in [2.05, 4.69) is 6.07 Å². The molecule has 2 fully saturated rings. The molecule has 0 bridgehead atoms. The molecule has 6 heteroatoms. The van der Waals surface area contributed by atoms with Crippen LogP contribution in [0.2, 0.25) is 0 Å². The van der Waals surface area contributed by atoms with Crippen LogP contribution < -0.4 is 4.74 Å². The Morgan fingerprint density at radius 2 is 1.85 bits per heavy atom. The number of carboxylic acid groups (broad SMARTS) is 1. The molecule has 1 N–H and O–H groups in total. The monoisotopic (exact) mass is 369 g/mol. The van der Waals surface area contributed by atoms with Crippen LogP contribution in [0.15, 0.2) is 48.5 Å². The summed E-state index contributed by atoms with van der Waals surface area (Å²) in [4.78, 5) is 12.7. The Kier molecular flexibility index (Phi) is 5.27. The Hall–Kier alpha value is -2.57. The highest BCUT2D eigenvalue weighted by molar-refractivity contribution is 5.66. The smallest absolute Gasteiger partial charge is 0.407 e. The van der Waals surface area contributed by atoms with Crippen molar-refractivity contribution in [2.45, 2.75) is 25.2 Å². The first-order chi connectivity index (χ1) is 13.2. The molecular weight excluding hydrogens is 346 g/mol. The van der Waals surface area contributed by atoms with Crippen molar-refractivity contribution >= 4 is 6.09 Å². The van der Waals surface area contributed by atoms with Gasteiger partial charge in [0.1, 0.15) is 12.4 Å². The van der Waals surface area contributed by atoms with Crippen molar-refractivity contribution < 1.29 is 24.1 Å². The molecule has 0 saturated carbocycles. The molecule has 2 heterocycles. The predicted molar refractivity (Wildman–Crippen MR) is 99.8 cm³/mol. The van der Waals surface area contributed by atoms with Gasteiger partial charge in [0, 0.05) is 12.1 Å². The fourth-order valence-corrected chi connectivity index (χ4v) is 3.63. The lowest BCUT2D eigenvalue weighted by Gasteiger charge is -2.21. The van der Waals surface area contributed by atoms with Crippen molar-refractivity contribution in [1.82, 2.24) is 4.90 Å². The lowest BCUT2D eigenvalue weighted by Crippen LogP contribution is -2.37. The van der Waals surface area contributed by atoms with Crippen LogP contribution in [0, 0.1) is 0 Å². The number of carbonyl (C=O) groups is 1. The van der Waals surface area contributed by atoms with Crippen molar-refractivity contribution in [2.24, 2.45) is 0 Å². The number of nitrogens with zero attached hydrogens (tertiary/aromatic N) is 1. The second-order valence-electron chi connectivity index (χ2n) is 6.81. The van der Waals surface area contributed by atoms with Gasteiger partial charge in [0.2, 0.25) is 0 Å². The van der Waals surface area contributed by atoms with Crippen molar-refractivity contribution in [3.05, 3.63) is 54.1 Å². The average molecular weight is 369 g/mol. The summed E-state index contributed by atoms with van der Waals surface area (Å²) in [5.74, 6) is 0.739. The highest BCUT2D eigenvalue weighted by Crippen LogP contribution is 2.29. The van der Waals surface area contributed by atoms with E-state index >= 15 is 0 Å². The van der Waals surface area contributed by atoms with E-state index in [4.69, 9.17) is 14.2 Å². The van der Waals surface area contributed by atoms with E-state index in [1.807, 2.05) is 42.5 Å². The number of amides is 1. The van der Waals surface area contributed by atoms with E-state index in [9.17, 15) is 9.90 Å². The van der Waals surface area contributed by atoms with E-state index in [-0.39, 0.29) is 12.3 Å². The average Bonchev–Trinajstić information content (AvgIpc) is 3.38. The van der Waals surface area contributed by atoms with Gasteiger partial charge in [-0.25, -0.2) is 4.79 Å². The Morgan fingerprint density at radius 1 is 1.11 bits per heavy atom. The maximum Gasteiger partial charge on any atom is 0.407 e. The third-order valence-electron chi connectivity index (χ3n) is 5.01. The number of rotatable bonds is 5. The van der Waals surface area contributed by atoms with Gasteiger partial charge in [0.15, 0.2) is 6.29 Å². The fourth-order valence-electron chi connectivity index (χ4n) is 3.63. The molecule has 2 aromatic carbocycles. The summed E-state index contributed by atoms with van der Waals surface area (Å²) >= 11 is 0. The summed E-state index contributed by atoms with van der Waals surface area (Å²) in [6, 6.07) is 15.9. The van der Waals surface area contributed by atoms with Crippen LogP contribution >= 0.6 is 0 Å². The molecule has 0 unspecified atom stereocenters. The minimum absolute atomic E-state index is 0.0776. The van der Waals surface area contributed by atoms with E-state index in [0.717, 1.165) is 35.3 Å². The first-order valence-corrected chi connectivity index (χ1v) is 9.27. The van der Waals surface area contributed by atoms with Gasteiger partial charge in [-0.05, 0) is 42.2 Å². The highest BCUT2D eigenvalue weighted by atomic mass is 16.7. The van der Waals surface area contributed by atoms with E-state index in [0.29, 0.717) is 26.4 Å². The van der Waals surface area contributed by atoms with Crippen LogP contribution in [0.5, 0.6) is 5.75 Å². The summed E-state index contributed by atoms with van der Waals surface area (Å²) in [6.45, 7) is 2.19. The zero-order valence-corrected chi connectivity index (χ0v) is 15.0. The number of ether oxygens (including phenoxy) is 3. The van der Waals surface area contributed by atoms with Crippen LogP contribution in [0.25, 0.3) is 11.1 Å². The summed E-state index contributed by atoms with van der Waals surface area (Å²) in [7, 11) is 0. The molecule has 0 aliphatic carbocycles. The first-order valence-electron chi connectivity index (χ1n) is 9.27. The van der Waals surface area contributed by atoms with Crippen LogP contribution in [-0.2, 0) is 9.47 Å². The maximum atomic E-state index is 11.3. The Labute approximate surface area is 158 Å². The van der Waals surface area contributed by atoms with Gasteiger partial charge in [-0.3, -0.25) is 0 Å². The normalized spacial score (nSPS) is 20.1. The quantitative estimate of drug-likeness (QED) is 0.865. The molecular formula is C21H23NO5. The maximum absolute atomic E-state index is 11.3. The zero-order valence-electron chi connectivity index (χ0n) is 15.0. The molecule has 142 valence electrons. The van der Waals surface area contributed by atoms with Crippen LogP contribution in [-0.4, -0.2) is 48.5 Å². The minimum atomic E-state index is -0.872. The van der Waals surface area contributed by atoms with Crippen molar-refractivity contribution in [1.29, 1.82) is 0 Å². The minimum Gasteiger partial charge on any atom is -0.491 e.